The SMILES string of the molecule is CC(C)C1CCCC(Nc2ccc(C(=O)O)cc2)C1. The van der Waals surface area contributed by atoms with Gasteiger partial charge in [-0.25, -0.2) is 4.79 Å². The van der Waals surface area contributed by atoms with E-state index in [-0.39, 0.29) is 0 Å². The fraction of sp³-hybridized carbons (Fsp3) is 0.562. The van der Waals surface area contributed by atoms with Crippen LogP contribution in [0, 0.1) is 11.8 Å². The van der Waals surface area contributed by atoms with Crippen molar-refractivity contribution in [1.82, 2.24) is 0 Å². The van der Waals surface area contributed by atoms with Crippen LogP contribution in [0.15, 0.2) is 24.3 Å². The van der Waals surface area contributed by atoms with Gasteiger partial charge in [0.15, 0.2) is 0 Å². The highest BCUT2D eigenvalue weighted by atomic mass is 16.4. The molecular formula is C16H23NO2. The average molecular weight is 261 g/mol. The number of anilines is 1. The first-order chi connectivity index (χ1) is 9.06. The first-order valence-electron chi connectivity index (χ1n) is 7.16. The van der Waals surface area contributed by atoms with Crippen molar-refractivity contribution in [2.45, 2.75) is 45.6 Å². The van der Waals surface area contributed by atoms with Crippen LogP contribution in [-0.4, -0.2) is 17.1 Å². The summed E-state index contributed by atoms with van der Waals surface area (Å²) in [6, 6.07) is 7.57. The Labute approximate surface area is 115 Å². The van der Waals surface area contributed by atoms with E-state index in [0.29, 0.717) is 11.6 Å². The van der Waals surface area contributed by atoms with E-state index in [2.05, 4.69) is 19.2 Å². The van der Waals surface area contributed by atoms with Gasteiger partial charge >= 0.3 is 5.97 Å². The molecule has 0 aliphatic heterocycles. The van der Waals surface area contributed by atoms with E-state index in [0.717, 1.165) is 17.5 Å². The second-order valence-corrected chi connectivity index (χ2v) is 5.89. The molecule has 3 heteroatoms. The highest BCUT2D eigenvalue weighted by Gasteiger charge is 2.23. The van der Waals surface area contributed by atoms with Gasteiger partial charge in [0.25, 0.3) is 0 Å². The minimum absolute atomic E-state index is 0.342. The molecule has 2 atom stereocenters. The first-order valence-corrected chi connectivity index (χ1v) is 7.16. The Morgan fingerprint density at radius 1 is 1.26 bits per heavy atom. The van der Waals surface area contributed by atoms with Crippen LogP contribution in [0.3, 0.4) is 0 Å². The summed E-state index contributed by atoms with van der Waals surface area (Å²) >= 11 is 0. The largest absolute Gasteiger partial charge is 0.478 e. The van der Waals surface area contributed by atoms with Crippen LogP contribution < -0.4 is 5.32 Å². The number of aromatic carboxylic acids is 1. The molecule has 1 aliphatic carbocycles. The maximum absolute atomic E-state index is 10.8. The summed E-state index contributed by atoms with van der Waals surface area (Å²) in [5, 5.41) is 12.4. The van der Waals surface area contributed by atoms with Gasteiger partial charge in [0.05, 0.1) is 5.56 Å². The molecule has 1 aromatic rings. The zero-order valence-electron chi connectivity index (χ0n) is 11.7. The van der Waals surface area contributed by atoms with Crippen molar-refractivity contribution in [3.05, 3.63) is 29.8 Å². The third-order valence-electron chi connectivity index (χ3n) is 4.16. The molecule has 19 heavy (non-hydrogen) atoms. The van der Waals surface area contributed by atoms with E-state index < -0.39 is 5.97 Å². The van der Waals surface area contributed by atoms with Gasteiger partial charge in [-0.2, -0.15) is 0 Å². The quantitative estimate of drug-likeness (QED) is 0.861. The lowest BCUT2D eigenvalue weighted by Crippen LogP contribution is -2.29. The van der Waals surface area contributed by atoms with Crippen molar-refractivity contribution in [3.8, 4) is 0 Å². The van der Waals surface area contributed by atoms with Gasteiger partial charge in [0.1, 0.15) is 0 Å². The summed E-state index contributed by atoms with van der Waals surface area (Å²) in [5.41, 5.74) is 1.37. The van der Waals surface area contributed by atoms with Gasteiger partial charge in [-0.05, 0) is 48.9 Å². The molecule has 0 heterocycles. The summed E-state index contributed by atoms with van der Waals surface area (Å²) in [6.07, 6.45) is 5.06. The average Bonchev–Trinajstić information content (AvgIpc) is 2.39. The first kappa shape index (κ1) is 13.9. The number of hydrogen-bond acceptors (Lipinski definition) is 2. The summed E-state index contributed by atoms with van der Waals surface area (Å²) in [7, 11) is 0. The van der Waals surface area contributed by atoms with Gasteiger partial charge < -0.3 is 10.4 Å². The van der Waals surface area contributed by atoms with Crippen LogP contribution in [-0.2, 0) is 0 Å². The number of benzene rings is 1. The molecule has 0 bridgehead atoms. The number of nitrogens with one attached hydrogen (secondary N) is 1. The van der Waals surface area contributed by atoms with E-state index >= 15 is 0 Å². The highest BCUT2D eigenvalue weighted by Crippen LogP contribution is 2.31. The van der Waals surface area contributed by atoms with E-state index in [1.165, 1.54) is 25.7 Å². The lowest BCUT2D eigenvalue weighted by Gasteiger charge is -2.32. The second kappa shape index (κ2) is 6.09. The van der Waals surface area contributed by atoms with Gasteiger partial charge in [0, 0.05) is 11.7 Å². The zero-order valence-corrected chi connectivity index (χ0v) is 11.7. The van der Waals surface area contributed by atoms with E-state index in [1.807, 2.05) is 12.1 Å². The fourth-order valence-corrected chi connectivity index (χ4v) is 2.91. The molecular weight excluding hydrogens is 238 g/mol. The molecule has 0 spiro atoms. The Morgan fingerprint density at radius 2 is 1.95 bits per heavy atom. The molecule has 1 aliphatic rings. The molecule has 0 saturated heterocycles. The van der Waals surface area contributed by atoms with Crippen LogP contribution in [0.2, 0.25) is 0 Å². The summed E-state index contributed by atoms with van der Waals surface area (Å²) in [6.45, 7) is 4.60. The summed E-state index contributed by atoms with van der Waals surface area (Å²) < 4.78 is 0. The standard InChI is InChI=1S/C16H23NO2/c1-11(2)13-4-3-5-15(10-13)17-14-8-6-12(7-9-14)16(18)19/h6-9,11,13,15,17H,3-5,10H2,1-2H3,(H,18,19). The molecule has 1 saturated carbocycles. The molecule has 2 N–H and O–H groups in total. The third kappa shape index (κ3) is 3.72. The number of rotatable bonds is 4. The van der Waals surface area contributed by atoms with Crippen molar-refractivity contribution < 1.29 is 9.90 Å². The van der Waals surface area contributed by atoms with Gasteiger partial charge in [-0.1, -0.05) is 26.7 Å². The lowest BCUT2D eigenvalue weighted by molar-refractivity contribution is 0.0697. The normalized spacial score (nSPS) is 23.3. The minimum atomic E-state index is -0.871. The van der Waals surface area contributed by atoms with Crippen molar-refractivity contribution >= 4 is 11.7 Å². The lowest BCUT2D eigenvalue weighted by atomic mass is 9.79. The minimum Gasteiger partial charge on any atom is -0.478 e. The topological polar surface area (TPSA) is 49.3 Å². The molecule has 1 fully saturated rings. The Morgan fingerprint density at radius 3 is 2.53 bits per heavy atom. The van der Waals surface area contributed by atoms with Crippen molar-refractivity contribution in [2.24, 2.45) is 11.8 Å². The monoisotopic (exact) mass is 261 g/mol. The Hall–Kier alpha value is -1.51. The molecule has 0 amide bonds. The van der Waals surface area contributed by atoms with Crippen molar-refractivity contribution in [1.29, 1.82) is 0 Å². The Balaban J connectivity index is 1.95. The van der Waals surface area contributed by atoms with Crippen molar-refractivity contribution in [3.63, 3.8) is 0 Å². The highest BCUT2D eigenvalue weighted by molar-refractivity contribution is 5.87. The molecule has 1 aromatic carbocycles. The maximum Gasteiger partial charge on any atom is 0.335 e. The predicted molar refractivity (Wildman–Crippen MR) is 77.6 cm³/mol. The Kier molecular flexibility index (Phi) is 4.46. The molecule has 2 rings (SSSR count). The number of carbonyl (C=O) groups is 1. The van der Waals surface area contributed by atoms with Crippen LogP contribution in [0.1, 0.15) is 49.9 Å². The van der Waals surface area contributed by atoms with Crippen LogP contribution in [0.25, 0.3) is 0 Å². The van der Waals surface area contributed by atoms with Crippen LogP contribution in [0.4, 0.5) is 5.69 Å². The predicted octanol–water partition coefficient (Wildman–Crippen LogP) is 4.01. The number of carboxylic acids is 1. The molecule has 2 unspecified atom stereocenters. The van der Waals surface area contributed by atoms with Crippen LogP contribution in [0.5, 0.6) is 0 Å². The van der Waals surface area contributed by atoms with E-state index in [9.17, 15) is 4.79 Å². The van der Waals surface area contributed by atoms with E-state index in [1.54, 1.807) is 12.1 Å². The van der Waals surface area contributed by atoms with Gasteiger partial charge in [-0.3, -0.25) is 0 Å². The van der Waals surface area contributed by atoms with Crippen LogP contribution >= 0.6 is 0 Å². The number of carboxylic acid groups (broad SMARTS) is 1. The number of hydrogen-bond donors (Lipinski definition) is 2. The maximum atomic E-state index is 10.8. The van der Waals surface area contributed by atoms with Gasteiger partial charge in [0.2, 0.25) is 0 Å². The Bertz CT molecular complexity index is 425. The smallest absolute Gasteiger partial charge is 0.335 e. The summed E-state index contributed by atoms with van der Waals surface area (Å²) in [5.74, 6) is 0.688. The third-order valence-corrected chi connectivity index (χ3v) is 4.16. The second-order valence-electron chi connectivity index (χ2n) is 5.89. The van der Waals surface area contributed by atoms with Gasteiger partial charge in [-0.15, -0.1) is 0 Å². The fourth-order valence-electron chi connectivity index (χ4n) is 2.91. The molecule has 3 nitrogen and oxygen atoms in total. The van der Waals surface area contributed by atoms with Crippen molar-refractivity contribution in [2.75, 3.05) is 5.32 Å². The molecule has 104 valence electrons. The summed E-state index contributed by atoms with van der Waals surface area (Å²) in [4.78, 5) is 10.8. The molecule has 0 radical (unpaired) electrons. The molecule has 0 aromatic heterocycles. The zero-order chi connectivity index (χ0) is 13.8. The van der Waals surface area contributed by atoms with E-state index in [4.69, 9.17) is 5.11 Å².